The summed E-state index contributed by atoms with van der Waals surface area (Å²) in [7, 11) is 0. The van der Waals surface area contributed by atoms with Gasteiger partial charge in [-0.3, -0.25) is 0 Å². The van der Waals surface area contributed by atoms with Gasteiger partial charge in [-0.25, -0.2) is 9.97 Å². The fourth-order valence-electron chi connectivity index (χ4n) is 1.72. The Bertz CT molecular complexity index is 329. The highest BCUT2D eigenvalue weighted by Gasteiger charge is 2.30. The van der Waals surface area contributed by atoms with E-state index in [2.05, 4.69) is 14.9 Å². The topological polar surface area (TPSA) is 64.3 Å². The molecule has 0 aliphatic carbocycles. The average molecular weight is 208 g/mol. The standard InChI is InChI=1S/C10H16N4O/c1-2-15-10-9(12-4-5-13-10)14-6-3-8(14)7-11/h4-5,8H,2-3,6-7,11H2,1H3. The molecule has 2 heterocycles. The van der Waals surface area contributed by atoms with Crippen LogP contribution in [0.2, 0.25) is 0 Å². The van der Waals surface area contributed by atoms with Gasteiger partial charge in [0.05, 0.1) is 6.61 Å². The second-order valence-corrected chi connectivity index (χ2v) is 3.49. The second-order valence-electron chi connectivity index (χ2n) is 3.49. The highest BCUT2D eigenvalue weighted by molar-refractivity contribution is 5.51. The number of rotatable bonds is 4. The molecule has 1 unspecified atom stereocenters. The fourth-order valence-corrected chi connectivity index (χ4v) is 1.72. The summed E-state index contributed by atoms with van der Waals surface area (Å²) < 4.78 is 5.43. The first-order valence-electron chi connectivity index (χ1n) is 5.27. The summed E-state index contributed by atoms with van der Waals surface area (Å²) in [6, 6.07) is 0.390. The van der Waals surface area contributed by atoms with Crippen LogP contribution in [0.3, 0.4) is 0 Å². The summed E-state index contributed by atoms with van der Waals surface area (Å²) in [6.07, 6.45) is 4.45. The SMILES string of the molecule is CCOc1nccnc1N1CCC1CN. The van der Waals surface area contributed by atoms with E-state index in [-0.39, 0.29) is 0 Å². The minimum atomic E-state index is 0.390. The van der Waals surface area contributed by atoms with Crippen molar-refractivity contribution in [3.05, 3.63) is 12.4 Å². The summed E-state index contributed by atoms with van der Waals surface area (Å²) in [4.78, 5) is 10.6. The molecule has 5 nitrogen and oxygen atoms in total. The van der Waals surface area contributed by atoms with Gasteiger partial charge in [0.2, 0.25) is 0 Å². The predicted octanol–water partition coefficient (Wildman–Crippen LogP) is 0.413. The van der Waals surface area contributed by atoms with Crippen molar-refractivity contribution in [2.75, 3.05) is 24.6 Å². The maximum absolute atomic E-state index is 5.65. The molecule has 1 atom stereocenters. The van der Waals surface area contributed by atoms with Crippen molar-refractivity contribution in [3.8, 4) is 5.88 Å². The van der Waals surface area contributed by atoms with Crippen molar-refractivity contribution in [3.63, 3.8) is 0 Å². The van der Waals surface area contributed by atoms with Gasteiger partial charge in [0.25, 0.3) is 5.88 Å². The molecule has 15 heavy (non-hydrogen) atoms. The summed E-state index contributed by atoms with van der Waals surface area (Å²) in [5, 5.41) is 0. The lowest BCUT2D eigenvalue weighted by atomic mass is 10.0. The van der Waals surface area contributed by atoms with E-state index in [0.29, 0.717) is 25.1 Å². The molecule has 2 rings (SSSR count). The van der Waals surface area contributed by atoms with Crippen LogP contribution in [0.4, 0.5) is 5.82 Å². The quantitative estimate of drug-likeness (QED) is 0.776. The molecule has 0 saturated carbocycles. The van der Waals surface area contributed by atoms with Crippen molar-refractivity contribution in [1.29, 1.82) is 0 Å². The number of hydrogen-bond acceptors (Lipinski definition) is 5. The largest absolute Gasteiger partial charge is 0.475 e. The Morgan fingerprint density at radius 3 is 2.93 bits per heavy atom. The molecule has 1 saturated heterocycles. The Balaban J connectivity index is 2.19. The van der Waals surface area contributed by atoms with Crippen LogP contribution in [-0.4, -0.2) is 35.7 Å². The smallest absolute Gasteiger partial charge is 0.257 e. The summed E-state index contributed by atoms with van der Waals surface area (Å²) >= 11 is 0. The summed E-state index contributed by atoms with van der Waals surface area (Å²) in [6.45, 7) is 4.19. The molecule has 0 bridgehead atoms. The third-order valence-corrected chi connectivity index (χ3v) is 2.62. The molecule has 0 amide bonds. The van der Waals surface area contributed by atoms with Gasteiger partial charge in [-0.1, -0.05) is 0 Å². The molecule has 82 valence electrons. The van der Waals surface area contributed by atoms with E-state index in [1.54, 1.807) is 12.4 Å². The Hall–Kier alpha value is -1.36. The fraction of sp³-hybridized carbons (Fsp3) is 0.600. The number of hydrogen-bond donors (Lipinski definition) is 1. The molecule has 1 aliphatic rings. The van der Waals surface area contributed by atoms with E-state index in [0.717, 1.165) is 18.8 Å². The molecule has 5 heteroatoms. The van der Waals surface area contributed by atoms with Crippen molar-refractivity contribution >= 4 is 5.82 Å². The van der Waals surface area contributed by atoms with Crippen LogP contribution in [0.5, 0.6) is 5.88 Å². The van der Waals surface area contributed by atoms with Gasteiger partial charge in [-0.05, 0) is 13.3 Å². The first-order chi connectivity index (χ1) is 7.36. The Morgan fingerprint density at radius 1 is 1.53 bits per heavy atom. The van der Waals surface area contributed by atoms with Crippen molar-refractivity contribution < 1.29 is 4.74 Å². The highest BCUT2D eigenvalue weighted by Crippen LogP contribution is 2.30. The van der Waals surface area contributed by atoms with E-state index in [1.165, 1.54) is 0 Å². The first kappa shape index (κ1) is 10.2. The Labute approximate surface area is 89.3 Å². The summed E-state index contributed by atoms with van der Waals surface area (Å²) in [5.41, 5.74) is 5.65. The van der Waals surface area contributed by atoms with Crippen LogP contribution >= 0.6 is 0 Å². The van der Waals surface area contributed by atoms with Crippen molar-refractivity contribution in [2.24, 2.45) is 5.73 Å². The molecule has 2 N–H and O–H groups in total. The van der Waals surface area contributed by atoms with Crippen LogP contribution in [-0.2, 0) is 0 Å². The van der Waals surface area contributed by atoms with Crippen LogP contribution in [0.25, 0.3) is 0 Å². The van der Waals surface area contributed by atoms with Crippen LogP contribution in [0.15, 0.2) is 12.4 Å². The van der Waals surface area contributed by atoms with Crippen LogP contribution in [0, 0.1) is 0 Å². The van der Waals surface area contributed by atoms with E-state index < -0.39 is 0 Å². The number of ether oxygens (including phenoxy) is 1. The summed E-state index contributed by atoms with van der Waals surface area (Å²) in [5.74, 6) is 1.43. The van der Waals surface area contributed by atoms with E-state index in [9.17, 15) is 0 Å². The third kappa shape index (κ3) is 1.87. The first-order valence-corrected chi connectivity index (χ1v) is 5.27. The molecular formula is C10H16N4O. The predicted molar refractivity (Wildman–Crippen MR) is 58.0 cm³/mol. The normalized spacial score (nSPS) is 19.9. The lowest BCUT2D eigenvalue weighted by Crippen LogP contribution is -2.52. The van der Waals surface area contributed by atoms with Crippen molar-refractivity contribution in [2.45, 2.75) is 19.4 Å². The average Bonchev–Trinajstić information content (AvgIpc) is 2.20. The van der Waals surface area contributed by atoms with Gasteiger partial charge in [-0.2, -0.15) is 0 Å². The van der Waals surface area contributed by atoms with Gasteiger partial charge in [0.15, 0.2) is 5.82 Å². The zero-order valence-electron chi connectivity index (χ0n) is 8.89. The Kier molecular flexibility index (Phi) is 3.01. The maximum atomic E-state index is 5.65. The lowest BCUT2D eigenvalue weighted by Gasteiger charge is -2.41. The van der Waals surface area contributed by atoms with Gasteiger partial charge in [0.1, 0.15) is 0 Å². The van der Waals surface area contributed by atoms with Gasteiger partial charge >= 0.3 is 0 Å². The molecule has 1 aromatic heterocycles. The van der Waals surface area contributed by atoms with Crippen LogP contribution < -0.4 is 15.4 Å². The highest BCUT2D eigenvalue weighted by atomic mass is 16.5. The van der Waals surface area contributed by atoms with E-state index in [1.807, 2.05) is 6.92 Å². The number of aromatic nitrogens is 2. The van der Waals surface area contributed by atoms with E-state index >= 15 is 0 Å². The second kappa shape index (κ2) is 4.44. The number of nitrogens with two attached hydrogens (primary N) is 1. The Morgan fingerprint density at radius 2 is 2.33 bits per heavy atom. The molecule has 0 radical (unpaired) electrons. The molecule has 1 fully saturated rings. The maximum Gasteiger partial charge on any atom is 0.257 e. The molecule has 0 spiro atoms. The van der Waals surface area contributed by atoms with E-state index in [4.69, 9.17) is 10.5 Å². The monoisotopic (exact) mass is 208 g/mol. The van der Waals surface area contributed by atoms with Gasteiger partial charge in [0, 0.05) is 31.5 Å². The number of nitrogens with zero attached hydrogens (tertiary/aromatic N) is 3. The molecular weight excluding hydrogens is 192 g/mol. The zero-order valence-corrected chi connectivity index (χ0v) is 8.89. The van der Waals surface area contributed by atoms with Gasteiger partial charge in [-0.15, -0.1) is 0 Å². The zero-order chi connectivity index (χ0) is 10.7. The third-order valence-electron chi connectivity index (χ3n) is 2.62. The number of anilines is 1. The molecule has 0 aromatic carbocycles. The lowest BCUT2D eigenvalue weighted by molar-refractivity contribution is 0.320. The van der Waals surface area contributed by atoms with Crippen molar-refractivity contribution in [1.82, 2.24) is 9.97 Å². The van der Waals surface area contributed by atoms with Crippen LogP contribution in [0.1, 0.15) is 13.3 Å². The molecule has 1 aliphatic heterocycles. The molecule has 1 aromatic rings. The minimum absolute atomic E-state index is 0.390. The van der Waals surface area contributed by atoms with Gasteiger partial charge < -0.3 is 15.4 Å². The minimum Gasteiger partial charge on any atom is -0.475 e.